The molecule has 0 aromatic carbocycles. The van der Waals surface area contributed by atoms with Crippen LogP contribution < -0.4 is 5.32 Å². The van der Waals surface area contributed by atoms with Gasteiger partial charge in [-0.05, 0) is 45.3 Å². The van der Waals surface area contributed by atoms with Crippen LogP contribution in [-0.2, 0) is 6.42 Å². The Morgan fingerprint density at radius 3 is 2.89 bits per heavy atom. The summed E-state index contributed by atoms with van der Waals surface area (Å²) < 4.78 is 0. The molecule has 4 heteroatoms. The van der Waals surface area contributed by atoms with Crippen LogP contribution in [0.4, 0.5) is 0 Å². The Morgan fingerprint density at radius 1 is 1.50 bits per heavy atom. The fraction of sp³-hybridized carbons (Fsp3) is 0.786. The summed E-state index contributed by atoms with van der Waals surface area (Å²) in [7, 11) is 0. The number of hydrogen-bond acceptors (Lipinski definition) is 4. The van der Waals surface area contributed by atoms with E-state index in [0.29, 0.717) is 6.04 Å². The summed E-state index contributed by atoms with van der Waals surface area (Å²) in [5.41, 5.74) is 0. The van der Waals surface area contributed by atoms with E-state index in [9.17, 15) is 0 Å². The third-order valence-electron chi connectivity index (χ3n) is 4.08. The molecule has 2 heterocycles. The Hall–Kier alpha value is -0.450. The van der Waals surface area contributed by atoms with Crippen molar-refractivity contribution >= 4 is 11.3 Å². The van der Waals surface area contributed by atoms with Crippen LogP contribution in [0.5, 0.6) is 0 Å². The monoisotopic (exact) mass is 267 g/mol. The van der Waals surface area contributed by atoms with Gasteiger partial charge >= 0.3 is 0 Å². The van der Waals surface area contributed by atoms with Crippen LogP contribution >= 0.6 is 11.3 Å². The molecule has 18 heavy (non-hydrogen) atoms. The molecule has 1 fully saturated rings. The molecule has 1 atom stereocenters. The smallest absolute Gasteiger partial charge is 0.0937 e. The largest absolute Gasteiger partial charge is 0.314 e. The summed E-state index contributed by atoms with van der Waals surface area (Å²) in [4.78, 5) is 6.87. The van der Waals surface area contributed by atoms with Crippen LogP contribution in [0.25, 0.3) is 0 Å². The fourth-order valence-electron chi connectivity index (χ4n) is 2.72. The molecule has 0 bridgehead atoms. The summed E-state index contributed by atoms with van der Waals surface area (Å²) in [5.74, 6) is 0.851. The average molecular weight is 267 g/mol. The summed E-state index contributed by atoms with van der Waals surface area (Å²) in [5, 5.41) is 6.97. The van der Waals surface area contributed by atoms with Gasteiger partial charge in [0.2, 0.25) is 0 Å². The van der Waals surface area contributed by atoms with Crippen LogP contribution in [0.15, 0.2) is 11.6 Å². The first kappa shape index (κ1) is 14.0. The number of rotatable bonds is 6. The van der Waals surface area contributed by atoms with Crippen LogP contribution in [0, 0.1) is 5.92 Å². The van der Waals surface area contributed by atoms with E-state index in [1.807, 2.05) is 6.20 Å². The van der Waals surface area contributed by atoms with Crippen molar-refractivity contribution in [1.82, 2.24) is 15.2 Å². The van der Waals surface area contributed by atoms with Crippen LogP contribution in [-0.4, -0.2) is 42.1 Å². The lowest BCUT2D eigenvalue weighted by atomic mass is 9.90. The van der Waals surface area contributed by atoms with Gasteiger partial charge in [-0.2, -0.15) is 0 Å². The van der Waals surface area contributed by atoms with E-state index in [1.165, 1.54) is 37.5 Å². The summed E-state index contributed by atoms with van der Waals surface area (Å²) >= 11 is 1.76. The minimum absolute atomic E-state index is 0.643. The lowest BCUT2D eigenvalue weighted by molar-refractivity contribution is 0.169. The molecule has 1 N–H and O–H groups in total. The molecule has 1 aromatic rings. The number of nitrogens with one attached hydrogen (secondary N) is 1. The van der Waals surface area contributed by atoms with Gasteiger partial charge in [-0.3, -0.25) is 0 Å². The summed E-state index contributed by atoms with van der Waals surface area (Å²) in [6.45, 7) is 9.42. The SMILES string of the molecule is CCN1CCC(C(C)NCCc2nccs2)CC1. The molecule has 0 amide bonds. The van der Waals surface area contributed by atoms with Crippen molar-refractivity contribution in [1.29, 1.82) is 0 Å². The van der Waals surface area contributed by atoms with Gasteiger partial charge in [0, 0.05) is 30.6 Å². The maximum atomic E-state index is 4.32. The third kappa shape index (κ3) is 4.04. The number of likely N-dealkylation sites (tertiary alicyclic amines) is 1. The van der Waals surface area contributed by atoms with E-state index >= 15 is 0 Å². The molecular weight excluding hydrogens is 242 g/mol. The Morgan fingerprint density at radius 2 is 2.28 bits per heavy atom. The van der Waals surface area contributed by atoms with E-state index < -0.39 is 0 Å². The average Bonchev–Trinajstić information content (AvgIpc) is 2.92. The zero-order valence-corrected chi connectivity index (χ0v) is 12.4. The first-order chi connectivity index (χ1) is 8.79. The zero-order chi connectivity index (χ0) is 12.8. The molecule has 1 aliphatic heterocycles. The van der Waals surface area contributed by atoms with Crippen molar-refractivity contribution < 1.29 is 0 Å². The van der Waals surface area contributed by atoms with Crippen molar-refractivity contribution in [2.45, 2.75) is 39.2 Å². The number of aromatic nitrogens is 1. The second kappa shape index (κ2) is 7.22. The van der Waals surface area contributed by atoms with Crippen molar-refractivity contribution in [2.75, 3.05) is 26.2 Å². The van der Waals surface area contributed by atoms with Gasteiger partial charge in [0.15, 0.2) is 0 Å². The minimum Gasteiger partial charge on any atom is -0.314 e. The minimum atomic E-state index is 0.643. The molecule has 1 aliphatic rings. The fourth-order valence-corrected chi connectivity index (χ4v) is 3.34. The van der Waals surface area contributed by atoms with Gasteiger partial charge in [-0.1, -0.05) is 6.92 Å². The van der Waals surface area contributed by atoms with Gasteiger partial charge in [0.1, 0.15) is 0 Å². The molecule has 3 nitrogen and oxygen atoms in total. The molecule has 0 saturated carbocycles. The predicted octanol–water partition coefficient (Wildman–Crippen LogP) is 2.40. The van der Waals surface area contributed by atoms with E-state index in [2.05, 4.69) is 34.4 Å². The Bertz CT molecular complexity index is 318. The second-order valence-electron chi connectivity index (χ2n) is 5.19. The maximum absolute atomic E-state index is 4.32. The summed E-state index contributed by atoms with van der Waals surface area (Å²) in [6.07, 6.45) is 5.65. The lowest BCUT2D eigenvalue weighted by Gasteiger charge is -2.34. The molecule has 0 radical (unpaired) electrons. The van der Waals surface area contributed by atoms with Crippen LogP contribution in [0.2, 0.25) is 0 Å². The number of piperidine rings is 1. The van der Waals surface area contributed by atoms with Gasteiger partial charge < -0.3 is 10.2 Å². The molecule has 102 valence electrons. The van der Waals surface area contributed by atoms with Crippen molar-refractivity contribution in [2.24, 2.45) is 5.92 Å². The summed E-state index contributed by atoms with van der Waals surface area (Å²) in [6, 6.07) is 0.643. The highest BCUT2D eigenvalue weighted by molar-refractivity contribution is 7.09. The normalized spacial score (nSPS) is 20.1. The highest BCUT2D eigenvalue weighted by atomic mass is 32.1. The predicted molar refractivity (Wildman–Crippen MR) is 78.1 cm³/mol. The highest BCUT2D eigenvalue weighted by Gasteiger charge is 2.22. The number of nitrogens with zero attached hydrogens (tertiary/aromatic N) is 2. The van der Waals surface area contributed by atoms with Crippen molar-refractivity contribution in [3.05, 3.63) is 16.6 Å². The molecule has 0 aliphatic carbocycles. The van der Waals surface area contributed by atoms with E-state index in [-0.39, 0.29) is 0 Å². The Labute approximate surface area is 115 Å². The Balaban J connectivity index is 1.64. The van der Waals surface area contributed by atoms with E-state index in [1.54, 1.807) is 11.3 Å². The number of thiazole rings is 1. The van der Waals surface area contributed by atoms with Gasteiger partial charge in [-0.25, -0.2) is 4.98 Å². The van der Waals surface area contributed by atoms with Gasteiger partial charge in [0.25, 0.3) is 0 Å². The van der Waals surface area contributed by atoms with Crippen LogP contribution in [0.1, 0.15) is 31.7 Å². The molecule has 0 spiro atoms. The Kier molecular flexibility index (Phi) is 5.60. The van der Waals surface area contributed by atoms with E-state index in [0.717, 1.165) is 18.9 Å². The van der Waals surface area contributed by atoms with Gasteiger partial charge in [0.05, 0.1) is 5.01 Å². The molecule has 1 saturated heterocycles. The second-order valence-corrected chi connectivity index (χ2v) is 6.17. The third-order valence-corrected chi connectivity index (χ3v) is 4.91. The van der Waals surface area contributed by atoms with E-state index in [4.69, 9.17) is 0 Å². The molecule has 1 aromatic heterocycles. The highest BCUT2D eigenvalue weighted by Crippen LogP contribution is 2.20. The van der Waals surface area contributed by atoms with Gasteiger partial charge in [-0.15, -0.1) is 11.3 Å². The van der Waals surface area contributed by atoms with Crippen molar-refractivity contribution in [3.63, 3.8) is 0 Å². The van der Waals surface area contributed by atoms with Crippen LogP contribution in [0.3, 0.4) is 0 Å². The van der Waals surface area contributed by atoms with Crippen molar-refractivity contribution in [3.8, 4) is 0 Å². The zero-order valence-electron chi connectivity index (χ0n) is 11.6. The molecule has 1 unspecified atom stereocenters. The first-order valence-electron chi connectivity index (χ1n) is 7.13. The molecule has 2 rings (SSSR count). The molecular formula is C14H25N3S. The lowest BCUT2D eigenvalue weighted by Crippen LogP contribution is -2.42. The maximum Gasteiger partial charge on any atom is 0.0937 e. The first-order valence-corrected chi connectivity index (χ1v) is 8.01. The quantitative estimate of drug-likeness (QED) is 0.858. The standard InChI is InChI=1S/C14H25N3S/c1-3-17-9-5-13(6-10-17)12(2)15-7-4-14-16-8-11-18-14/h8,11-13,15H,3-7,9-10H2,1-2H3. The topological polar surface area (TPSA) is 28.2 Å². The number of hydrogen-bond donors (Lipinski definition) is 1.